The van der Waals surface area contributed by atoms with Crippen molar-refractivity contribution in [3.8, 4) is 0 Å². The summed E-state index contributed by atoms with van der Waals surface area (Å²) in [6.07, 6.45) is 1.96. The lowest BCUT2D eigenvalue weighted by Crippen LogP contribution is -2.10. The Kier molecular flexibility index (Phi) is 6.60. The molecule has 4 aromatic rings. The minimum absolute atomic E-state index is 0.0730. The van der Waals surface area contributed by atoms with Gasteiger partial charge in [0, 0.05) is 5.56 Å². The summed E-state index contributed by atoms with van der Waals surface area (Å²) in [7, 11) is -4.58. The van der Waals surface area contributed by atoms with Gasteiger partial charge in [-0.05, 0) is 35.0 Å². The van der Waals surface area contributed by atoms with Crippen molar-refractivity contribution < 1.29 is 21.5 Å². The number of fused-ring (bicyclic) bond motifs is 1. The molecule has 5 rings (SSSR count). The Hall–Kier alpha value is -3.52. The molecule has 0 bridgehead atoms. The molecule has 0 saturated heterocycles. The van der Waals surface area contributed by atoms with Gasteiger partial charge >= 0.3 is 10.0 Å². The molecule has 1 aliphatic rings. The maximum absolute atomic E-state index is 10.8. The molecule has 0 aromatic heterocycles. The molecule has 1 aliphatic heterocycles. The molecular formula is C25H20O5SSi. The van der Waals surface area contributed by atoms with Crippen molar-refractivity contribution in [2.24, 2.45) is 0 Å². The number of benzene rings is 4. The van der Waals surface area contributed by atoms with E-state index in [1.807, 2.05) is 84.9 Å². The molecule has 4 aromatic carbocycles. The van der Waals surface area contributed by atoms with Gasteiger partial charge in [0.2, 0.25) is 0 Å². The highest BCUT2D eigenvalue weighted by Gasteiger charge is 2.15. The van der Waals surface area contributed by atoms with Crippen LogP contribution < -0.4 is 0 Å². The predicted octanol–water partition coefficient (Wildman–Crippen LogP) is 4.83. The number of carbonyl (C=O) groups excluding carboxylic acids is 1. The number of hydrogen-bond donors (Lipinski definition) is 1. The first-order valence-electron chi connectivity index (χ1n) is 9.81. The Morgan fingerprint density at radius 3 is 1.97 bits per heavy atom. The van der Waals surface area contributed by atoms with E-state index in [1.54, 1.807) is 12.1 Å². The van der Waals surface area contributed by atoms with Crippen LogP contribution >= 0.6 is 0 Å². The highest BCUT2D eigenvalue weighted by molar-refractivity contribution is 7.85. The van der Waals surface area contributed by atoms with E-state index in [2.05, 4.69) is 0 Å². The van der Waals surface area contributed by atoms with E-state index in [4.69, 9.17) is 13.1 Å². The second-order valence-corrected chi connectivity index (χ2v) is 9.01. The number of hydrogen-bond acceptors (Lipinski definition) is 3. The molecule has 0 amide bonds. The minimum atomic E-state index is -4.09. The molecule has 160 valence electrons. The van der Waals surface area contributed by atoms with E-state index < -0.39 is 20.1 Å². The van der Waals surface area contributed by atoms with Gasteiger partial charge in [0.05, 0.1) is 22.3 Å². The molecule has 7 heteroatoms. The minimum Gasteiger partial charge on any atom is -0.618 e. The third-order valence-electron chi connectivity index (χ3n) is 4.75. The predicted molar refractivity (Wildman–Crippen MR) is 127 cm³/mol. The Balaban J connectivity index is 0.000000158. The van der Waals surface area contributed by atoms with Crippen molar-refractivity contribution in [2.45, 2.75) is 4.90 Å². The van der Waals surface area contributed by atoms with Crippen molar-refractivity contribution in [3.63, 3.8) is 0 Å². The molecular weight excluding hydrogens is 440 g/mol. The first kappa shape index (κ1) is 21.7. The summed E-state index contributed by atoms with van der Waals surface area (Å²) in [5.41, 5.74) is 2.17. The zero-order valence-corrected chi connectivity index (χ0v) is 18.9. The summed E-state index contributed by atoms with van der Waals surface area (Å²) in [4.78, 5) is -0.0730. The summed E-state index contributed by atoms with van der Waals surface area (Å²) in [6, 6.07) is 32.0. The van der Waals surface area contributed by atoms with E-state index in [0.717, 1.165) is 33.4 Å². The van der Waals surface area contributed by atoms with Crippen molar-refractivity contribution in [2.75, 3.05) is 0 Å². The Bertz CT molecular complexity index is 1380. The summed E-state index contributed by atoms with van der Waals surface area (Å²) in [6.45, 7) is 0. The summed E-state index contributed by atoms with van der Waals surface area (Å²) < 4.78 is 41.7. The van der Waals surface area contributed by atoms with E-state index in [1.165, 1.54) is 12.1 Å². The lowest BCUT2D eigenvalue weighted by atomic mass is 10.1. The van der Waals surface area contributed by atoms with Crippen molar-refractivity contribution in [1.29, 1.82) is 0 Å². The van der Waals surface area contributed by atoms with Crippen LogP contribution in [0.2, 0.25) is 0 Å². The van der Waals surface area contributed by atoms with Crippen LogP contribution in [0, 0.1) is 0 Å². The molecule has 0 atom stereocenters. The normalized spacial score (nSPS) is 13.0. The maximum Gasteiger partial charge on any atom is 0.440 e. The van der Waals surface area contributed by atoms with E-state index in [9.17, 15) is 8.42 Å². The molecule has 0 aliphatic carbocycles. The third kappa shape index (κ3) is 5.39. The van der Waals surface area contributed by atoms with Gasteiger partial charge in [0.1, 0.15) is 0 Å². The van der Waals surface area contributed by atoms with Crippen LogP contribution in [0.25, 0.3) is 16.5 Å². The SMILES string of the molecule is C1=C(c2ccccc2)O[SiH-][O+]=C1c1ccccc1.O=S(=O)(O)c1ccc2ccccc2c1. The van der Waals surface area contributed by atoms with Crippen molar-refractivity contribution >= 4 is 42.4 Å². The average molecular weight is 461 g/mol. The van der Waals surface area contributed by atoms with Gasteiger partial charge in [-0.15, -0.1) is 0 Å². The fourth-order valence-electron chi connectivity index (χ4n) is 3.15. The molecule has 0 unspecified atom stereocenters. The van der Waals surface area contributed by atoms with Crippen molar-refractivity contribution in [1.82, 2.24) is 0 Å². The molecule has 0 radical (unpaired) electrons. The van der Waals surface area contributed by atoms with Crippen LogP contribution in [0.3, 0.4) is 0 Å². The van der Waals surface area contributed by atoms with Crippen LogP contribution in [0.4, 0.5) is 0 Å². The zero-order valence-electron chi connectivity index (χ0n) is 17.0. The fourth-order valence-corrected chi connectivity index (χ4v) is 4.33. The smallest absolute Gasteiger partial charge is 0.440 e. The Morgan fingerprint density at radius 1 is 0.719 bits per heavy atom. The van der Waals surface area contributed by atoms with Gasteiger partial charge in [-0.2, -0.15) is 8.42 Å². The maximum atomic E-state index is 10.8. The fraction of sp³-hybridized carbons (Fsp3) is 0. The topological polar surface area (TPSA) is 74.9 Å². The second kappa shape index (κ2) is 9.74. The zero-order chi connectivity index (χ0) is 22.4. The van der Waals surface area contributed by atoms with Crippen LogP contribution in [0.1, 0.15) is 15.2 Å². The van der Waals surface area contributed by atoms with Crippen LogP contribution in [-0.2, 0) is 14.5 Å². The highest BCUT2D eigenvalue weighted by atomic mass is 32.2. The Labute approximate surface area is 189 Å². The van der Waals surface area contributed by atoms with E-state index in [-0.39, 0.29) is 4.90 Å². The average Bonchev–Trinajstić information content (AvgIpc) is 2.85. The highest BCUT2D eigenvalue weighted by Crippen LogP contribution is 2.20. The number of allylic oxidation sites excluding steroid dienone is 1. The second-order valence-electron chi connectivity index (χ2n) is 6.92. The quantitative estimate of drug-likeness (QED) is 0.270. The summed E-state index contributed by atoms with van der Waals surface area (Å²) >= 11 is 0. The van der Waals surface area contributed by atoms with Crippen LogP contribution in [0.15, 0.2) is 114 Å². The number of rotatable bonds is 3. The van der Waals surface area contributed by atoms with Crippen molar-refractivity contribution in [3.05, 3.63) is 120 Å². The Morgan fingerprint density at radius 2 is 1.31 bits per heavy atom. The molecule has 1 heterocycles. The standard InChI is InChI=1S/C15H12O2Si.C10H8O3S/c1-3-7-12(8-4-1)14-11-15(17-18-16-14)13-9-5-2-6-10-13;11-14(12,13)10-6-5-8-3-1-2-4-9(8)7-10/h1-11,18H;1-7H,(H,11,12,13). The lowest BCUT2D eigenvalue weighted by Gasteiger charge is -2.15. The monoisotopic (exact) mass is 460 g/mol. The first-order valence-corrected chi connectivity index (χ1v) is 12.2. The van der Waals surface area contributed by atoms with E-state index >= 15 is 0 Å². The van der Waals surface area contributed by atoms with Gasteiger partial charge in [-0.25, -0.2) is 0 Å². The summed E-state index contributed by atoms with van der Waals surface area (Å²) in [5.74, 6) is 1.77. The summed E-state index contributed by atoms with van der Waals surface area (Å²) in [5, 5.41) is 1.74. The van der Waals surface area contributed by atoms with E-state index in [0.29, 0.717) is 0 Å². The lowest BCUT2D eigenvalue weighted by molar-refractivity contribution is -0.101. The van der Waals surface area contributed by atoms with Crippen LogP contribution in [-0.4, -0.2) is 28.8 Å². The molecule has 32 heavy (non-hydrogen) atoms. The number of ketones is 1. The van der Waals surface area contributed by atoms with Gasteiger partial charge in [-0.3, -0.25) is 4.55 Å². The van der Waals surface area contributed by atoms with Gasteiger partial charge in [-0.1, -0.05) is 78.9 Å². The van der Waals surface area contributed by atoms with Gasteiger partial charge in [0.25, 0.3) is 15.9 Å². The van der Waals surface area contributed by atoms with Crippen LogP contribution in [0.5, 0.6) is 0 Å². The molecule has 0 saturated carbocycles. The molecule has 5 nitrogen and oxygen atoms in total. The largest absolute Gasteiger partial charge is 0.618 e. The first-order chi connectivity index (χ1) is 15.5. The third-order valence-corrected chi connectivity index (χ3v) is 6.30. The molecule has 1 N–H and O–H groups in total. The molecule has 0 fully saturated rings. The van der Waals surface area contributed by atoms with Gasteiger partial charge < -0.3 is 8.54 Å². The van der Waals surface area contributed by atoms with Gasteiger partial charge in [0.15, 0.2) is 0 Å². The molecule has 0 spiro atoms.